The number of phenols is 1. The standard InChI is InChI=1S/C13H19NO2S/c1-10(7-8-17-2)14-13(16)9-11-5-3-4-6-12(11)15/h3-6,10,15H,7-9H2,1-2H3,(H,14,16). The van der Waals surface area contributed by atoms with Gasteiger partial charge < -0.3 is 10.4 Å². The third kappa shape index (κ3) is 5.13. The summed E-state index contributed by atoms with van der Waals surface area (Å²) in [7, 11) is 0. The van der Waals surface area contributed by atoms with E-state index in [2.05, 4.69) is 11.6 Å². The summed E-state index contributed by atoms with van der Waals surface area (Å²) in [5.41, 5.74) is 0.669. The first-order chi connectivity index (χ1) is 8.13. The van der Waals surface area contributed by atoms with Gasteiger partial charge in [-0.25, -0.2) is 0 Å². The maximum Gasteiger partial charge on any atom is 0.224 e. The van der Waals surface area contributed by atoms with Crippen LogP contribution in [0.2, 0.25) is 0 Å². The highest BCUT2D eigenvalue weighted by molar-refractivity contribution is 7.98. The van der Waals surface area contributed by atoms with Crippen LogP contribution in [0.5, 0.6) is 5.75 Å². The lowest BCUT2D eigenvalue weighted by atomic mass is 10.1. The number of nitrogens with one attached hydrogen (secondary N) is 1. The molecule has 3 nitrogen and oxygen atoms in total. The molecule has 0 aliphatic carbocycles. The largest absolute Gasteiger partial charge is 0.508 e. The van der Waals surface area contributed by atoms with Gasteiger partial charge in [0.1, 0.15) is 5.75 Å². The van der Waals surface area contributed by atoms with Crippen LogP contribution in [0.3, 0.4) is 0 Å². The van der Waals surface area contributed by atoms with Gasteiger partial charge in [-0.3, -0.25) is 4.79 Å². The second kappa shape index (κ2) is 7.22. The zero-order chi connectivity index (χ0) is 12.7. The van der Waals surface area contributed by atoms with Crippen LogP contribution in [-0.4, -0.2) is 29.1 Å². The fraction of sp³-hybridized carbons (Fsp3) is 0.462. The highest BCUT2D eigenvalue weighted by Gasteiger charge is 2.09. The molecule has 0 saturated carbocycles. The Hall–Kier alpha value is -1.16. The molecule has 1 atom stereocenters. The average molecular weight is 253 g/mol. The number of para-hydroxylation sites is 1. The normalized spacial score (nSPS) is 12.1. The molecule has 0 heterocycles. The lowest BCUT2D eigenvalue weighted by molar-refractivity contribution is -0.121. The topological polar surface area (TPSA) is 49.3 Å². The zero-order valence-electron chi connectivity index (χ0n) is 10.3. The van der Waals surface area contributed by atoms with E-state index in [1.54, 1.807) is 30.0 Å². The molecule has 1 rings (SSSR count). The summed E-state index contributed by atoms with van der Waals surface area (Å²) in [5.74, 6) is 1.18. The molecule has 0 aliphatic heterocycles. The maximum absolute atomic E-state index is 11.7. The quantitative estimate of drug-likeness (QED) is 0.817. The number of thioether (sulfide) groups is 1. The molecule has 0 aliphatic rings. The van der Waals surface area contributed by atoms with Crippen LogP contribution in [0.1, 0.15) is 18.9 Å². The lowest BCUT2D eigenvalue weighted by Crippen LogP contribution is -2.34. The lowest BCUT2D eigenvalue weighted by Gasteiger charge is -2.13. The second-order valence-corrected chi connectivity index (χ2v) is 5.04. The minimum absolute atomic E-state index is 0.0416. The zero-order valence-corrected chi connectivity index (χ0v) is 11.1. The van der Waals surface area contributed by atoms with E-state index in [4.69, 9.17) is 0 Å². The van der Waals surface area contributed by atoms with Crippen molar-refractivity contribution in [3.05, 3.63) is 29.8 Å². The third-order valence-electron chi connectivity index (χ3n) is 2.50. The van der Waals surface area contributed by atoms with Gasteiger partial charge in [-0.1, -0.05) is 18.2 Å². The van der Waals surface area contributed by atoms with E-state index in [-0.39, 0.29) is 24.1 Å². The number of carbonyl (C=O) groups is 1. The molecular formula is C13H19NO2S. The van der Waals surface area contributed by atoms with Crippen molar-refractivity contribution in [2.45, 2.75) is 25.8 Å². The number of hydrogen-bond acceptors (Lipinski definition) is 3. The van der Waals surface area contributed by atoms with Gasteiger partial charge in [0.05, 0.1) is 6.42 Å². The minimum atomic E-state index is -0.0416. The predicted molar refractivity (Wildman–Crippen MR) is 72.4 cm³/mol. The third-order valence-corrected chi connectivity index (χ3v) is 3.15. The first-order valence-electron chi connectivity index (χ1n) is 5.68. The monoisotopic (exact) mass is 253 g/mol. The number of carbonyl (C=O) groups excluding carboxylic acids is 1. The number of amides is 1. The maximum atomic E-state index is 11.7. The number of hydrogen-bond donors (Lipinski definition) is 2. The first-order valence-corrected chi connectivity index (χ1v) is 7.08. The second-order valence-electron chi connectivity index (χ2n) is 4.06. The van der Waals surface area contributed by atoms with Crippen LogP contribution in [0.4, 0.5) is 0 Å². The summed E-state index contributed by atoms with van der Waals surface area (Å²) < 4.78 is 0. The SMILES string of the molecule is CSCCC(C)NC(=O)Cc1ccccc1O. The van der Waals surface area contributed by atoms with E-state index in [1.807, 2.05) is 13.0 Å². The Morgan fingerprint density at radius 2 is 2.18 bits per heavy atom. The molecule has 0 spiro atoms. The summed E-state index contributed by atoms with van der Waals surface area (Å²) in [6, 6.07) is 7.11. The number of benzene rings is 1. The van der Waals surface area contributed by atoms with Crippen LogP contribution < -0.4 is 5.32 Å². The Labute approximate surface area is 107 Å². The van der Waals surface area contributed by atoms with Crippen LogP contribution in [0.25, 0.3) is 0 Å². The van der Waals surface area contributed by atoms with Crippen molar-refractivity contribution in [3.8, 4) is 5.75 Å². The molecule has 17 heavy (non-hydrogen) atoms. The minimum Gasteiger partial charge on any atom is -0.508 e. The van der Waals surface area contributed by atoms with E-state index in [0.717, 1.165) is 12.2 Å². The molecule has 1 unspecified atom stereocenters. The van der Waals surface area contributed by atoms with Gasteiger partial charge in [-0.05, 0) is 31.4 Å². The average Bonchev–Trinajstić information content (AvgIpc) is 2.29. The Morgan fingerprint density at radius 3 is 2.82 bits per heavy atom. The van der Waals surface area contributed by atoms with Gasteiger partial charge in [0, 0.05) is 11.6 Å². The highest BCUT2D eigenvalue weighted by Crippen LogP contribution is 2.15. The summed E-state index contributed by atoms with van der Waals surface area (Å²) in [6.07, 6.45) is 3.25. The van der Waals surface area contributed by atoms with Crippen molar-refractivity contribution in [1.29, 1.82) is 0 Å². The van der Waals surface area contributed by atoms with Crippen LogP contribution in [-0.2, 0) is 11.2 Å². The molecule has 1 aromatic rings. The van der Waals surface area contributed by atoms with E-state index >= 15 is 0 Å². The van der Waals surface area contributed by atoms with Gasteiger partial charge >= 0.3 is 0 Å². The van der Waals surface area contributed by atoms with Crippen LogP contribution >= 0.6 is 11.8 Å². The fourth-order valence-corrected chi connectivity index (χ4v) is 2.12. The van der Waals surface area contributed by atoms with Crippen molar-refractivity contribution >= 4 is 17.7 Å². The molecule has 4 heteroatoms. The molecule has 94 valence electrons. The first kappa shape index (κ1) is 13.9. The predicted octanol–water partition coefficient (Wildman–Crippen LogP) is 2.19. The van der Waals surface area contributed by atoms with Gasteiger partial charge in [0.2, 0.25) is 5.91 Å². The van der Waals surface area contributed by atoms with Crippen LogP contribution in [0, 0.1) is 0 Å². The van der Waals surface area contributed by atoms with E-state index in [1.165, 1.54) is 0 Å². The Bertz CT molecular complexity index is 368. The summed E-state index contributed by atoms with van der Waals surface area (Å²) in [4.78, 5) is 11.7. The van der Waals surface area contributed by atoms with E-state index in [9.17, 15) is 9.90 Å². The number of rotatable bonds is 6. The van der Waals surface area contributed by atoms with E-state index < -0.39 is 0 Å². The highest BCUT2D eigenvalue weighted by atomic mass is 32.2. The molecule has 0 radical (unpaired) electrons. The number of phenolic OH excluding ortho intramolecular Hbond substituents is 1. The molecular weight excluding hydrogens is 234 g/mol. The molecule has 0 aromatic heterocycles. The molecule has 1 amide bonds. The van der Waals surface area contributed by atoms with Crippen molar-refractivity contribution in [3.63, 3.8) is 0 Å². The van der Waals surface area contributed by atoms with Gasteiger partial charge in [0.15, 0.2) is 0 Å². The summed E-state index contributed by atoms with van der Waals surface area (Å²) in [6.45, 7) is 2.00. The van der Waals surface area contributed by atoms with Crippen LogP contribution in [0.15, 0.2) is 24.3 Å². The Morgan fingerprint density at radius 1 is 1.47 bits per heavy atom. The van der Waals surface area contributed by atoms with Gasteiger partial charge in [-0.2, -0.15) is 11.8 Å². The summed E-state index contributed by atoms with van der Waals surface area (Å²) in [5, 5.41) is 12.5. The Kier molecular flexibility index (Phi) is 5.91. The smallest absolute Gasteiger partial charge is 0.224 e. The Balaban J connectivity index is 2.42. The molecule has 0 saturated heterocycles. The van der Waals surface area contributed by atoms with Crippen molar-refractivity contribution in [2.24, 2.45) is 0 Å². The fourth-order valence-electron chi connectivity index (χ4n) is 1.53. The van der Waals surface area contributed by atoms with Crippen molar-refractivity contribution < 1.29 is 9.90 Å². The van der Waals surface area contributed by atoms with Gasteiger partial charge in [-0.15, -0.1) is 0 Å². The van der Waals surface area contributed by atoms with Gasteiger partial charge in [0.25, 0.3) is 0 Å². The molecule has 0 bridgehead atoms. The van der Waals surface area contributed by atoms with E-state index in [0.29, 0.717) is 5.56 Å². The summed E-state index contributed by atoms with van der Waals surface area (Å²) >= 11 is 1.77. The van der Waals surface area contributed by atoms with Crippen molar-refractivity contribution in [2.75, 3.05) is 12.0 Å². The molecule has 0 fully saturated rings. The number of aromatic hydroxyl groups is 1. The molecule has 1 aromatic carbocycles. The molecule has 2 N–H and O–H groups in total. The van der Waals surface area contributed by atoms with Crippen molar-refractivity contribution in [1.82, 2.24) is 5.32 Å².